The maximum atomic E-state index is 13.9. The monoisotopic (exact) mass is 618 g/mol. The van der Waals surface area contributed by atoms with Crippen molar-refractivity contribution in [3.05, 3.63) is 10.4 Å². The molecular weight excluding hydrogens is 576 g/mol. The van der Waals surface area contributed by atoms with E-state index in [0.29, 0.717) is 38.1 Å². The van der Waals surface area contributed by atoms with Gasteiger partial charge in [-0.15, -0.1) is 0 Å². The Bertz CT molecular complexity index is 1220. The van der Waals surface area contributed by atoms with Crippen LogP contribution in [0.15, 0.2) is 10.1 Å². The van der Waals surface area contributed by atoms with Gasteiger partial charge in [-0.2, -0.15) is 0 Å². The second kappa shape index (κ2) is 14.9. The summed E-state index contributed by atoms with van der Waals surface area (Å²) in [6.07, 6.45) is 1.18. The predicted molar refractivity (Wildman–Crippen MR) is 156 cm³/mol. The van der Waals surface area contributed by atoms with Crippen LogP contribution >= 0.6 is 0 Å². The van der Waals surface area contributed by atoms with Crippen LogP contribution in [0.4, 0.5) is 0 Å². The summed E-state index contributed by atoms with van der Waals surface area (Å²) in [7, 11) is 0. The topological polar surface area (TPSA) is 250 Å². The molecule has 0 spiro atoms. The first-order valence-electron chi connectivity index (χ1n) is 14.7. The first-order valence-corrected chi connectivity index (χ1v) is 14.7. The van der Waals surface area contributed by atoms with Gasteiger partial charge in [0.05, 0.1) is 18.8 Å². The molecule has 0 radical (unpaired) electrons. The van der Waals surface area contributed by atoms with Gasteiger partial charge < -0.3 is 36.6 Å². The summed E-state index contributed by atoms with van der Waals surface area (Å²) in [5.41, 5.74) is 13.7. The molecule has 3 saturated heterocycles. The van der Waals surface area contributed by atoms with Gasteiger partial charge in [0.25, 0.3) is 0 Å². The van der Waals surface area contributed by atoms with Gasteiger partial charge in [-0.3, -0.25) is 33.8 Å². The number of rotatable bonds is 8. The van der Waals surface area contributed by atoms with Gasteiger partial charge in [-0.1, -0.05) is 5.11 Å². The molecule has 1 unspecified atom stereocenters. The molecule has 3 aliphatic heterocycles. The second-order valence-electron chi connectivity index (χ2n) is 12.2. The van der Waals surface area contributed by atoms with Crippen LogP contribution < -0.4 is 27.0 Å². The number of nitrogens with one attached hydrogen (secondary N) is 4. The van der Waals surface area contributed by atoms with E-state index in [1.807, 2.05) is 0 Å². The Hall–Kier alpha value is -4.40. The zero-order chi connectivity index (χ0) is 32.6. The van der Waals surface area contributed by atoms with E-state index in [9.17, 15) is 28.8 Å². The van der Waals surface area contributed by atoms with E-state index in [0.717, 1.165) is 0 Å². The number of fused-ring (bicyclic) bond motifs is 1. The fourth-order valence-electron chi connectivity index (χ4n) is 5.69. The van der Waals surface area contributed by atoms with Gasteiger partial charge in [0, 0.05) is 24.0 Å². The normalized spacial score (nSPS) is 28.4. The molecular formula is C27H42N10O7. The van der Waals surface area contributed by atoms with Gasteiger partial charge in [0.15, 0.2) is 0 Å². The number of nitrogens with zero attached hydrogens (tertiary/aromatic N) is 5. The van der Waals surface area contributed by atoms with E-state index in [2.05, 4.69) is 36.3 Å². The molecule has 44 heavy (non-hydrogen) atoms. The molecule has 3 heterocycles. The van der Waals surface area contributed by atoms with Crippen LogP contribution in [0.5, 0.6) is 0 Å². The number of piperidine rings is 1. The fraction of sp³-hybridized carbons (Fsp3) is 0.741. The summed E-state index contributed by atoms with van der Waals surface area (Å²) in [5, 5.41) is 13.9. The molecule has 3 aliphatic rings. The quantitative estimate of drug-likeness (QED) is 0.0435. The molecule has 17 nitrogen and oxygen atoms in total. The Labute approximate surface area is 255 Å². The number of azide groups is 1. The van der Waals surface area contributed by atoms with E-state index in [-0.39, 0.29) is 19.0 Å². The van der Waals surface area contributed by atoms with Gasteiger partial charge in [0.2, 0.25) is 29.5 Å². The molecule has 6 atom stereocenters. The Morgan fingerprint density at radius 3 is 2.45 bits per heavy atom. The molecule has 6 N–H and O–H groups in total. The minimum absolute atomic E-state index is 0.0945. The van der Waals surface area contributed by atoms with Crippen LogP contribution in [0.3, 0.4) is 0 Å². The van der Waals surface area contributed by atoms with Crippen molar-refractivity contribution in [1.82, 2.24) is 26.2 Å². The molecule has 17 heteroatoms. The Morgan fingerprint density at radius 2 is 1.80 bits per heavy atom. The van der Waals surface area contributed by atoms with E-state index < -0.39 is 84.2 Å². The number of hydrogen-bond acceptors (Lipinski definition) is 9. The van der Waals surface area contributed by atoms with Gasteiger partial charge in [-0.05, 0) is 71.2 Å². The fourth-order valence-corrected chi connectivity index (χ4v) is 5.69. The molecule has 242 valence electrons. The highest BCUT2D eigenvalue weighted by molar-refractivity contribution is 5.98. The summed E-state index contributed by atoms with van der Waals surface area (Å²) < 4.78 is 5.33. The molecule has 0 aliphatic carbocycles. The lowest BCUT2D eigenvalue weighted by Crippen LogP contribution is -2.64. The first-order chi connectivity index (χ1) is 20.7. The van der Waals surface area contributed by atoms with Crippen molar-refractivity contribution in [2.45, 2.75) is 102 Å². The highest BCUT2D eigenvalue weighted by atomic mass is 16.6. The number of carbonyl (C=O) groups excluding carboxylic acids is 6. The minimum Gasteiger partial charge on any atom is -0.460 e. The van der Waals surface area contributed by atoms with E-state index in [4.69, 9.17) is 16.0 Å². The van der Waals surface area contributed by atoms with Gasteiger partial charge >= 0.3 is 5.97 Å². The van der Waals surface area contributed by atoms with Crippen molar-refractivity contribution < 1.29 is 33.5 Å². The number of amides is 5. The van der Waals surface area contributed by atoms with Crippen LogP contribution in [-0.4, -0.2) is 102 Å². The average molecular weight is 619 g/mol. The van der Waals surface area contributed by atoms with Crippen molar-refractivity contribution in [2.75, 3.05) is 19.6 Å². The van der Waals surface area contributed by atoms with Crippen LogP contribution in [-0.2, 0) is 33.5 Å². The number of carbonyl (C=O) groups is 6. The maximum Gasteiger partial charge on any atom is 0.308 e. The Kier molecular flexibility index (Phi) is 11.5. The summed E-state index contributed by atoms with van der Waals surface area (Å²) in [6.45, 7) is 6.24. The lowest BCUT2D eigenvalue weighted by molar-refractivity contribution is -0.157. The summed E-state index contributed by atoms with van der Waals surface area (Å²) in [4.78, 5) is 87.9. The number of amidine groups is 1. The summed E-state index contributed by atoms with van der Waals surface area (Å²) >= 11 is 0. The smallest absolute Gasteiger partial charge is 0.308 e. The SMILES string of the molecule is CC(N)=NCCC[C@@H]1NC(=O)[C@@H]2CC[C@H]3CC(CN=[N+]=[N-])[C@@H](NC(=O)[C@H](CC(=O)OC(C)(C)C)NC(=O)CNC1=O)C(=O)N32. The molecule has 0 aromatic rings. The number of ether oxygens (including phenoxy) is 1. The van der Waals surface area contributed by atoms with Gasteiger partial charge in [0.1, 0.15) is 29.8 Å². The number of esters is 1. The van der Waals surface area contributed by atoms with Crippen LogP contribution in [0.2, 0.25) is 0 Å². The van der Waals surface area contributed by atoms with Crippen LogP contribution in [0.1, 0.15) is 66.2 Å². The number of aliphatic imine (C=N–C) groups is 1. The predicted octanol–water partition coefficient (Wildman–Crippen LogP) is -0.850. The molecule has 3 rings (SSSR count). The number of hydrogen-bond donors (Lipinski definition) is 5. The Morgan fingerprint density at radius 1 is 1.07 bits per heavy atom. The van der Waals surface area contributed by atoms with Crippen molar-refractivity contribution in [3.8, 4) is 0 Å². The van der Waals surface area contributed by atoms with Crippen LogP contribution in [0, 0.1) is 5.92 Å². The van der Waals surface area contributed by atoms with E-state index in [1.54, 1.807) is 27.7 Å². The van der Waals surface area contributed by atoms with Crippen molar-refractivity contribution in [3.63, 3.8) is 0 Å². The van der Waals surface area contributed by atoms with E-state index in [1.165, 1.54) is 4.90 Å². The van der Waals surface area contributed by atoms with E-state index >= 15 is 0 Å². The second-order valence-corrected chi connectivity index (χ2v) is 12.2. The zero-order valence-corrected chi connectivity index (χ0v) is 25.5. The lowest BCUT2D eigenvalue weighted by Gasteiger charge is -2.42. The third kappa shape index (κ3) is 9.30. The van der Waals surface area contributed by atoms with Gasteiger partial charge in [-0.25, -0.2) is 0 Å². The highest BCUT2D eigenvalue weighted by Crippen LogP contribution is 2.36. The lowest BCUT2D eigenvalue weighted by atomic mass is 9.86. The molecule has 3 fully saturated rings. The Balaban J connectivity index is 1.96. The molecule has 2 bridgehead atoms. The molecule has 0 saturated carbocycles. The zero-order valence-electron chi connectivity index (χ0n) is 25.5. The largest absolute Gasteiger partial charge is 0.460 e. The van der Waals surface area contributed by atoms with Crippen molar-refractivity contribution in [2.24, 2.45) is 21.8 Å². The standard InChI is InChI=1S/C27H42N10O7/c1-14(28)30-9-5-6-17-23(40)31-13-20(38)33-18(11-21(39)44-27(2,3)4)24(41)35-22-15(12-32-36-29)10-16-7-8-19(25(42)34-17)37(16)26(22)43/h15-19,22H,5-13H2,1-4H3,(H2,28,30)(H,31,40)(H,33,38)(H,34,42)(H,35,41)/t15?,16-,17-,18-,19-,22+/m0/s1. The third-order valence-corrected chi connectivity index (χ3v) is 7.56. The number of nitrogens with two attached hydrogens (primary N) is 1. The summed E-state index contributed by atoms with van der Waals surface area (Å²) in [6, 6.07) is -4.96. The van der Waals surface area contributed by atoms with Crippen molar-refractivity contribution in [1.29, 1.82) is 0 Å². The highest BCUT2D eigenvalue weighted by Gasteiger charge is 2.50. The first kappa shape index (κ1) is 34.1. The molecule has 5 amide bonds. The third-order valence-electron chi connectivity index (χ3n) is 7.56. The maximum absolute atomic E-state index is 13.9. The van der Waals surface area contributed by atoms with Crippen LogP contribution in [0.25, 0.3) is 10.4 Å². The summed E-state index contributed by atoms with van der Waals surface area (Å²) in [5.74, 6) is -4.37. The average Bonchev–Trinajstić information content (AvgIpc) is 3.36. The molecule has 0 aromatic heterocycles. The molecule has 0 aromatic carbocycles. The van der Waals surface area contributed by atoms with Crippen molar-refractivity contribution >= 4 is 41.3 Å². The minimum atomic E-state index is -1.45.